The number of fused-ring (bicyclic) bond motifs is 6. The van der Waals surface area contributed by atoms with Crippen molar-refractivity contribution < 1.29 is 13.2 Å². The third-order valence-electron chi connectivity index (χ3n) is 14.2. The second-order valence-corrected chi connectivity index (χ2v) is 18.4. The number of nitrogens with zero attached hydrogens (tertiary/aromatic N) is 7. The third-order valence-corrected chi connectivity index (χ3v) is 14.2. The molecule has 0 spiro atoms. The number of benzene rings is 10. The second kappa shape index (κ2) is 18.3. The van der Waals surface area contributed by atoms with E-state index >= 15 is 13.2 Å². The fraction of sp³-hybridized carbons (Fsp3) is 0.0152. The predicted octanol–water partition coefficient (Wildman–Crippen LogP) is 16.6. The Hall–Kier alpha value is -11.0. The number of hydrogen-bond acceptors (Lipinski definition) is 5. The summed E-state index contributed by atoms with van der Waals surface area (Å²) in [5.41, 5.74) is 11.9. The Morgan fingerprint density at radius 2 is 0.618 bits per heavy atom. The molecule has 0 N–H and O–H groups in total. The number of alkyl halides is 3. The zero-order chi connectivity index (χ0) is 52.2. The summed E-state index contributed by atoms with van der Waals surface area (Å²) in [6.07, 6.45) is -4.76. The fourth-order valence-corrected chi connectivity index (χ4v) is 10.5. The molecule has 0 unspecified atom stereocenters. The maximum atomic E-state index is 15.5. The molecule has 0 atom stereocenters. The van der Waals surface area contributed by atoms with Gasteiger partial charge in [-0.25, -0.2) is 0 Å². The summed E-state index contributed by atoms with van der Waals surface area (Å²) in [5, 5.41) is 52.8. The van der Waals surface area contributed by atoms with E-state index in [-0.39, 0.29) is 16.7 Å². The summed E-state index contributed by atoms with van der Waals surface area (Å²) in [5.74, 6) is 0. The number of rotatable bonds is 7. The Balaban J connectivity index is 1.15. The van der Waals surface area contributed by atoms with Gasteiger partial charge in [-0.1, -0.05) is 91.0 Å². The topological polar surface area (TPSA) is 129 Å². The van der Waals surface area contributed by atoms with Crippen LogP contribution in [-0.2, 0) is 6.18 Å². The summed E-state index contributed by atoms with van der Waals surface area (Å²) in [4.78, 5) is 0. The van der Waals surface area contributed by atoms with Crippen molar-refractivity contribution in [2.45, 2.75) is 6.18 Å². The zero-order valence-corrected chi connectivity index (χ0v) is 39.9. The van der Waals surface area contributed by atoms with E-state index in [1.54, 1.807) is 66.7 Å². The lowest BCUT2D eigenvalue weighted by Crippen LogP contribution is -2.09. The lowest BCUT2D eigenvalue weighted by molar-refractivity contribution is -0.137. The molecule has 12 rings (SSSR count). The van der Waals surface area contributed by atoms with Gasteiger partial charge in [0.25, 0.3) is 0 Å². The van der Waals surface area contributed by atoms with Gasteiger partial charge in [-0.2, -0.15) is 39.5 Å². The highest BCUT2D eigenvalue weighted by Gasteiger charge is 2.35. The summed E-state index contributed by atoms with van der Waals surface area (Å²) in [7, 11) is 0. The SMILES string of the molecule is N#Cc1ccc(-c2ccc3c(c2)c2cc(-c4ccc(C#N)cc4)ccc2n3-c2cc(-c3ccccc3C(F)(F)F)c(-n3c4ccc(-c5ccc(C#N)cc5)cc4c4cc(-c5ccc(C#N)cc5)ccc43)cc2C#N)cc1. The van der Waals surface area contributed by atoms with Crippen molar-refractivity contribution in [3.05, 3.63) is 240 Å². The molecule has 12 aromatic rings. The normalized spacial score (nSPS) is 11.3. The van der Waals surface area contributed by atoms with Crippen LogP contribution in [-0.4, -0.2) is 9.13 Å². The minimum atomic E-state index is -4.76. The van der Waals surface area contributed by atoms with Crippen molar-refractivity contribution in [1.29, 1.82) is 26.3 Å². The molecule has 0 aliphatic carbocycles. The Morgan fingerprint density at radius 1 is 0.303 bits per heavy atom. The quantitative estimate of drug-likeness (QED) is 0.157. The van der Waals surface area contributed by atoms with Gasteiger partial charge in [-0.3, -0.25) is 0 Å². The van der Waals surface area contributed by atoms with E-state index in [2.05, 4.69) is 42.5 Å². The highest BCUT2D eigenvalue weighted by atomic mass is 19.4. The molecule has 2 aromatic heterocycles. The zero-order valence-electron chi connectivity index (χ0n) is 39.9. The molecule has 0 amide bonds. The van der Waals surface area contributed by atoms with E-state index in [0.29, 0.717) is 55.7 Å². The van der Waals surface area contributed by atoms with Crippen molar-refractivity contribution in [2.75, 3.05) is 0 Å². The standard InChI is InChI=1S/C66H34F3N7/c67-66(68,69)59-4-2-1-3-53(59)58-34-64(75-60-25-21-48(44-13-5-40(35-70)6-14-44)29-54(60)55-30-49(22-26-61(55)75)45-15-7-41(36-71)8-16-45)52(39-74)33-65(58)76-62-27-23-50(46-17-9-42(37-72)10-18-46)31-56(62)57-32-51(24-28-63(57)76)47-19-11-43(38-73)12-20-47/h1-34H. The van der Waals surface area contributed by atoms with Crippen LogP contribution in [0.1, 0.15) is 33.4 Å². The Kier molecular flexibility index (Phi) is 11.1. The van der Waals surface area contributed by atoms with Crippen LogP contribution in [0.3, 0.4) is 0 Å². The average Bonchev–Trinajstić information content (AvgIpc) is 4.15. The molecule has 10 heteroatoms. The number of hydrogen-bond donors (Lipinski definition) is 0. The number of nitriles is 5. The minimum absolute atomic E-state index is 0.0823. The summed E-state index contributed by atoms with van der Waals surface area (Å²) in [6.45, 7) is 0. The molecule has 354 valence electrons. The summed E-state index contributed by atoms with van der Waals surface area (Å²) < 4.78 is 50.3. The first kappa shape index (κ1) is 46.1. The van der Waals surface area contributed by atoms with Crippen LogP contribution < -0.4 is 0 Å². The number of halogens is 3. The summed E-state index contributed by atoms with van der Waals surface area (Å²) >= 11 is 0. The minimum Gasteiger partial charge on any atom is -0.309 e. The van der Waals surface area contributed by atoms with E-state index in [4.69, 9.17) is 0 Å². The van der Waals surface area contributed by atoms with Crippen molar-refractivity contribution >= 4 is 43.6 Å². The third kappa shape index (κ3) is 7.83. The van der Waals surface area contributed by atoms with Gasteiger partial charge in [0.1, 0.15) is 6.07 Å². The van der Waals surface area contributed by atoms with Crippen LogP contribution in [0.5, 0.6) is 0 Å². The van der Waals surface area contributed by atoms with Gasteiger partial charge in [-0.15, -0.1) is 0 Å². The molecular formula is C66H34F3N7. The van der Waals surface area contributed by atoms with E-state index in [9.17, 15) is 26.3 Å². The van der Waals surface area contributed by atoms with E-state index < -0.39 is 11.7 Å². The number of aromatic nitrogens is 2. The fourth-order valence-electron chi connectivity index (χ4n) is 10.5. The predicted molar refractivity (Wildman–Crippen MR) is 291 cm³/mol. The first-order chi connectivity index (χ1) is 37.0. The highest BCUT2D eigenvalue weighted by molar-refractivity contribution is 6.14. The van der Waals surface area contributed by atoms with Gasteiger partial charge in [0.05, 0.1) is 91.1 Å². The molecule has 2 heterocycles. The molecule has 0 saturated carbocycles. The maximum absolute atomic E-state index is 15.5. The molecule has 0 saturated heterocycles. The molecular weight excluding hydrogens is 948 g/mol. The van der Waals surface area contributed by atoms with Gasteiger partial charge in [0, 0.05) is 27.1 Å². The van der Waals surface area contributed by atoms with Crippen LogP contribution in [0.2, 0.25) is 0 Å². The lowest BCUT2D eigenvalue weighted by atomic mass is 9.95. The molecule has 0 radical (unpaired) electrons. The molecule has 0 aliphatic heterocycles. The average molecular weight is 982 g/mol. The van der Waals surface area contributed by atoms with Crippen LogP contribution in [0.25, 0.3) is 111 Å². The smallest absolute Gasteiger partial charge is 0.309 e. The van der Waals surface area contributed by atoms with Crippen molar-refractivity contribution in [3.8, 4) is 97.4 Å². The molecule has 0 aliphatic rings. The van der Waals surface area contributed by atoms with Gasteiger partial charge < -0.3 is 9.13 Å². The first-order valence-corrected chi connectivity index (χ1v) is 24.0. The largest absolute Gasteiger partial charge is 0.417 e. The van der Waals surface area contributed by atoms with E-state index in [0.717, 1.165) is 72.1 Å². The Morgan fingerprint density at radius 3 is 0.934 bits per heavy atom. The molecule has 0 bridgehead atoms. The molecule has 7 nitrogen and oxygen atoms in total. The van der Waals surface area contributed by atoms with Crippen LogP contribution in [0, 0.1) is 56.7 Å². The van der Waals surface area contributed by atoms with Crippen LogP contribution in [0.4, 0.5) is 13.2 Å². The van der Waals surface area contributed by atoms with Gasteiger partial charge >= 0.3 is 6.18 Å². The Bertz CT molecular complexity index is 4360. The second-order valence-electron chi connectivity index (χ2n) is 18.4. The first-order valence-electron chi connectivity index (χ1n) is 24.0. The van der Waals surface area contributed by atoms with Gasteiger partial charge in [0.2, 0.25) is 0 Å². The van der Waals surface area contributed by atoms with E-state index in [1.165, 1.54) is 12.1 Å². The van der Waals surface area contributed by atoms with Gasteiger partial charge in [0.15, 0.2) is 0 Å². The van der Waals surface area contributed by atoms with Crippen LogP contribution >= 0.6 is 0 Å². The van der Waals surface area contributed by atoms with Crippen molar-refractivity contribution in [3.63, 3.8) is 0 Å². The lowest BCUT2D eigenvalue weighted by Gasteiger charge is -2.21. The highest BCUT2D eigenvalue weighted by Crippen LogP contribution is 2.46. The summed E-state index contributed by atoms with van der Waals surface area (Å²) in [6, 6.07) is 72.9. The molecule has 10 aromatic carbocycles. The molecule has 0 fully saturated rings. The van der Waals surface area contributed by atoms with Crippen molar-refractivity contribution in [2.24, 2.45) is 0 Å². The Labute approximate surface area is 433 Å². The van der Waals surface area contributed by atoms with Crippen LogP contribution in [0.15, 0.2) is 206 Å². The molecule has 76 heavy (non-hydrogen) atoms. The van der Waals surface area contributed by atoms with E-state index in [1.807, 2.05) is 118 Å². The van der Waals surface area contributed by atoms with Gasteiger partial charge in [-0.05, 0) is 165 Å². The van der Waals surface area contributed by atoms with Crippen molar-refractivity contribution in [1.82, 2.24) is 9.13 Å². The monoisotopic (exact) mass is 981 g/mol. The maximum Gasteiger partial charge on any atom is 0.417 e.